The van der Waals surface area contributed by atoms with Crippen LogP contribution in [0.25, 0.3) is 0 Å². The number of benzene rings is 1. The van der Waals surface area contributed by atoms with Gasteiger partial charge in [0.25, 0.3) is 0 Å². The summed E-state index contributed by atoms with van der Waals surface area (Å²) in [6, 6.07) is 6.92. The summed E-state index contributed by atoms with van der Waals surface area (Å²) in [6.07, 6.45) is 4.32. The largest absolute Gasteiger partial charge is 0.497 e. The lowest BCUT2D eigenvalue weighted by Gasteiger charge is -2.06. The lowest BCUT2D eigenvalue weighted by atomic mass is 10.3. The van der Waals surface area contributed by atoms with E-state index >= 15 is 0 Å². The fourth-order valence-electron chi connectivity index (χ4n) is 1.86. The fourth-order valence-corrected chi connectivity index (χ4v) is 2.84. The first-order valence-electron chi connectivity index (χ1n) is 6.42. The number of rotatable bonds is 4. The molecule has 6 heteroatoms. The maximum Gasteiger partial charge on any atom is 0.325 e. The average molecular weight is 289 g/mol. The minimum atomic E-state index is -0.296. The molecule has 1 fully saturated rings. The third kappa shape index (κ3) is 3.08. The zero-order valence-electron chi connectivity index (χ0n) is 11.1. The van der Waals surface area contributed by atoms with Crippen molar-refractivity contribution in [2.45, 2.75) is 18.8 Å². The molecule has 0 radical (unpaired) electrons. The van der Waals surface area contributed by atoms with Crippen molar-refractivity contribution < 1.29 is 9.53 Å². The Morgan fingerprint density at radius 2 is 2.25 bits per heavy atom. The van der Waals surface area contributed by atoms with Crippen molar-refractivity contribution in [3.63, 3.8) is 0 Å². The molecule has 2 N–H and O–H groups in total. The first-order valence-corrected chi connectivity index (χ1v) is 7.24. The van der Waals surface area contributed by atoms with Crippen molar-refractivity contribution in [3.05, 3.63) is 35.3 Å². The van der Waals surface area contributed by atoms with E-state index in [9.17, 15) is 4.79 Å². The number of ether oxygens (including phenoxy) is 1. The highest BCUT2D eigenvalue weighted by atomic mass is 32.1. The number of amides is 2. The van der Waals surface area contributed by atoms with Crippen LogP contribution in [0.15, 0.2) is 30.5 Å². The van der Waals surface area contributed by atoms with Crippen molar-refractivity contribution in [1.82, 2.24) is 4.98 Å². The molecule has 0 spiro atoms. The second-order valence-electron chi connectivity index (χ2n) is 4.65. The Labute approximate surface area is 121 Å². The lowest BCUT2D eigenvalue weighted by Crippen LogP contribution is -2.19. The molecule has 1 aromatic heterocycles. The number of carbonyl (C=O) groups is 1. The van der Waals surface area contributed by atoms with Crippen molar-refractivity contribution >= 4 is 28.2 Å². The molecule has 104 valence electrons. The normalized spacial score (nSPS) is 13.8. The molecule has 1 aliphatic carbocycles. The molecule has 0 unspecified atom stereocenters. The van der Waals surface area contributed by atoms with Crippen molar-refractivity contribution in [2.24, 2.45) is 0 Å². The van der Waals surface area contributed by atoms with Crippen molar-refractivity contribution in [2.75, 3.05) is 17.7 Å². The van der Waals surface area contributed by atoms with Crippen LogP contribution in [0.4, 0.5) is 15.6 Å². The van der Waals surface area contributed by atoms with Gasteiger partial charge in [-0.1, -0.05) is 6.07 Å². The summed E-state index contributed by atoms with van der Waals surface area (Å²) in [5.74, 6) is 1.36. The summed E-state index contributed by atoms with van der Waals surface area (Å²) in [7, 11) is 1.59. The molecule has 1 saturated carbocycles. The van der Waals surface area contributed by atoms with E-state index in [0.29, 0.717) is 22.5 Å². The summed E-state index contributed by atoms with van der Waals surface area (Å²) in [5.41, 5.74) is 0.681. The van der Waals surface area contributed by atoms with Gasteiger partial charge in [-0.25, -0.2) is 9.78 Å². The van der Waals surface area contributed by atoms with E-state index in [4.69, 9.17) is 4.74 Å². The Hall–Kier alpha value is -2.08. The maximum atomic E-state index is 11.9. The summed E-state index contributed by atoms with van der Waals surface area (Å²) in [5, 5.41) is 6.14. The smallest absolute Gasteiger partial charge is 0.325 e. The van der Waals surface area contributed by atoms with E-state index in [1.807, 2.05) is 18.3 Å². The van der Waals surface area contributed by atoms with Crippen LogP contribution in [0.5, 0.6) is 5.75 Å². The van der Waals surface area contributed by atoms with Gasteiger partial charge in [0.15, 0.2) is 5.13 Å². The van der Waals surface area contributed by atoms with E-state index in [0.717, 1.165) is 0 Å². The summed E-state index contributed by atoms with van der Waals surface area (Å²) < 4.78 is 5.11. The number of hydrogen-bond acceptors (Lipinski definition) is 4. The topological polar surface area (TPSA) is 63.2 Å². The van der Waals surface area contributed by atoms with Crippen LogP contribution < -0.4 is 15.4 Å². The van der Waals surface area contributed by atoms with Gasteiger partial charge in [0.05, 0.1) is 7.11 Å². The molecule has 1 heterocycles. The number of thiazole rings is 1. The van der Waals surface area contributed by atoms with Crippen molar-refractivity contribution in [1.29, 1.82) is 0 Å². The molecule has 20 heavy (non-hydrogen) atoms. The quantitative estimate of drug-likeness (QED) is 0.902. The molecule has 0 aliphatic heterocycles. The molecule has 2 aromatic rings. The monoisotopic (exact) mass is 289 g/mol. The highest BCUT2D eigenvalue weighted by Gasteiger charge is 2.25. The second kappa shape index (κ2) is 5.50. The predicted molar refractivity (Wildman–Crippen MR) is 79.7 cm³/mol. The van der Waals surface area contributed by atoms with Gasteiger partial charge in [-0.2, -0.15) is 0 Å². The van der Waals surface area contributed by atoms with Crippen LogP contribution in [0.3, 0.4) is 0 Å². The van der Waals surface area contributed by atoms with Gasteiger partial charge in [0, 0.05) is 22.8 Å². The number of aromatic nitrogens is 1. The Morgan fingerprint density at radius 3 is 3.00 bits per heavy atom. The molecule has 1 aromatic carbocycles. The van der Waals surface area contributed by atoms with Crippen LogP contribution in [0, 0.1) is 0 Å². The highest BCUT2D eigenvalue weighted by molar-refractivity contribution is 7.15. The Kier molecular flexibility index (Phi) is 3.56. The minimum absolute atomic E-state index is 0.296. The van der Waals surface area contributed by atoms with Gasteiger partial charge < -0.3 is 10.1 Å². The summed E-state index contributed by atoms with van der Waals surface area (Å²) >= 11 is 1.54. The lowest BCUT2D eigenvalue weighted by molar-refractivity contribution is 0.262. The third-order valence-corrected chi connectivity index (χ3v) is 4.13. The van der Waals surface area contributed by atoms with Gasteiger partial charge in [-0.3, -0.25) is 5.32 Å². The van der Waals surface area contributed by atoms with E-state index in [2.05, 4.69) is 15.6 Å². The first-order chi connectivity index (χ1) is 9.74. The predicted octanol–water partition coefficient (Wildman–Crippen LogP) is 3.67. The first kappa shape index (κ1) is 12.9. The summed E-state index contributed by atoms with van der Waals surface area (Å²) in [6.45, 7) is 0. The number of nitrogens with one attached hydrogen (secondary N) is 2. The Balaban J connectivity index is 1.60. The number of hydrogen-bond donors (Lipinski definition) is 2. The fraction of sp³-hybridized carbons (Fsp3) is 0.286. The van der Waals surface area contributed by atoms with Crippen LogP contribution in [0.2, 0.25) is 0 Å². The Bertz CT molecular complexity index is 622. The molecular weight excluding hydrogens is 274 g/mol. The van der Waals surface area contributed by atoms with Crippen LogP contribution >= 0.6 is 11.3 Å². The third-order valence-electron chi connectivity index (χ3n) is 3.05. The molecule has 0 atom stereocenters. The highest BCUT2D eigenvalue weighted by Crippen LogP contribution is 2.43. The van der Waals surface area contributed by atoms with Crippen molar-refractivity contribution in [3.8, 4) is 5.75 Å². The molecule has 5 nitrogen and oxygen atoms in total. The minimum Gasteiger partial charge on any atom is -0.497 e. The average Bonchev–Trinajstić information content (AvgIpc) is 3.20. The van der Waals surface area contributed by atoms with Gasteiger partial charge in [-0.15, -0.1) is 11.3 Å². The van der Waals surface area contributed by atoms with E-state index in [-0.39, 0.29) is 6.03 Å². The molecular formula is C14H15N3O2S. The van der Waals surface area contributed by atoms with Gasteiger partial charge in [-0.05, 0) is 30.9 Å². The SMILES string of the molecule is COc1cccc(NC(=O)Nc2ncc(C3CC3)s2)c1. The van der Waals surface area contributed by atoms with E-state index < -0.39 is 0 Å². The van der Waals surface area contributed by atoms with Crippen LogP contribution in [0.1, 0.15) is 23.6 Å². The standard InChI is InChI=1S/C14H15N3O2S/c1-19-11-4-2-3-10(7-11)16-13(18)17-14-15-8-12(20-14)9-5-6-9/h2-4,7-9H,5-6H2,1H3,(H2,15,16,17,18). The van der Waals surface area contributed by atoms with Gasteiger partial charge in [0.2, 0.25) is 0 Å². The zero-order valence-corrected chi connectivity index (χ0v) is 11.9. The molecule has 0 bridgehead atoms. The van der Waals surface area contributed by atoms with E-state index in [1.165, 1.54) is 17.7 Å². The second-order valence-corrected chi connectivity index (χ2v) is 5.72. The zero-order chi connectivity index (χ0) is 13.9. The summed E-state index contributed by atoms with van der Waals surface area (Å²) in [4.78, 5) is 17.3. The number of anilines is 2. The van der Waals surface area contributed by atoms with E-state index in [1.54, 1.807) is 30.6 Å². The van der Waals surface area contributed by atoms with Crippen LogP contribution in [-0.2, 0) is 0 Å². The van der Waals surface area contributed by atoms with Gasteiger partial charge >= 0.3 is 6.03 Å². The van der Waals surface area contributed by atoms with Gasteiger partial charge in [0.1, 0.15) is 5.75 Å². The maximum absolute atomic E-state index is 11.9. The molecule has 3 rings (SSSR count). The molecule has 1 aliphatic rings. The molecule has 2 amide bonds. The van der Waals surface area contributed by atoms with Crippen LogP contribution in [-0.4, -0.2) is 18.1 Å². The number of carbonyl (C=O) groups excluding carboxylic acids is 1. The number of urea groups is 1. The number of methoxy groups -OCH3 is 1. The Morgan fingerprint density at radius 1 is 1.40 bits per heavy atom. The molecule has 0 saturated heterocycles. The number of nitrogens with zero attached hydrogens (tertiary/aromatic N) is 1.